The van der Waals surface area contributed by atoms with E-state index in [4.69, 9.17) is 4.52 Å². The van der Waals surface area contributed by atoms with E-state index < -0.39 is 10.0 Å². The molecule has 0 radical (unpaired) electrons. The van der Waals surface area contributed by atoms with Gasteiger partial charge in [-0.05, 0) is 25.0 Å². The van der Waals surface area contributed by atoms with Crippen LogP contribution in [0.3, 0.4) is 0 Å². The standard InChI is InChI=1S/C16H21N3O3S/c1-18(15-6-3-2-4-7-15)12-16-8-5-10-19(16)23(20,21)13-14-9-11-22-17-14/h2-4,6-7,9,11,16H,5,8,10,12-13H2,1H3/t16-/m1/s1. The predicted molar refractivity (Wildman–Crippen MR) is 88.6 cm³/mol. The summed E-state index contributed by atoms with van der Waals surface area (Å²) < 4.78 is 31.7. The van der Waals surface area contributed by atoms with Crippen molar-refractivity contribution in [3.8, 4) is 0 Å². The number of sulfonamides is 1. The van der Waals surface area contributed by atoms with Crippen LogP contribution in [0.4, 0.5) is 5.69 Å². The summed E-state index contributed by atoms with van der Waals surface area (Å²) in [6.45, 7) is 1.26. The Kier molecular flexibility index (Phi) is 4.68. The minimum atomic E-state index is -3.38. The summed E-state index contributed by atoms with van der Waals surface area (Å²) in [6.07, 6.45) is 3.18. The Bertz CT molecular complexity index is 716. The highest BCUT2D eigenvalue weighted by atomic mass is 32.2. The van der Waals surface area contributed by atoms with Crippen molar-refractivity contribution in [2.24, 2.45) is 0 Å². The Morgan fingerprint density at radius 2 is 2.09 bits per heavy atom. The van der Waals surface area contributed by atoms with E-state index in [1.807, 2.05) is 37.4 Å². The first-order chi connectivity index (χ1) is 11.1. The molecule has 0 aliphatic carbocycles. The summed E-state index contributed by atoms with van der Waals surface area (Å²) in [6, 6.07) is 11.6. The van der Waals surface area contributed by atoms with Crippen molar-refractivity contribution in [3.63, 3.8) is 0 Å². The molecule has 1 atom stereocenters. The highest BCUT2D eigenvalue weighted by molar-refractivity contribution is 7.88. The third-order valence-electron chi connectivity index (χ3n) is 4.18. The first-order valence-electron chi connectivity index (χ1n) is 7.71. The zero-order valence-corrected chi connectivity index (χ0v) is 13.9. The number of rotatable bonds is 6. The van der Waals surface area contributed by atoms with E-state index in [2.05, 4.69) is 10.1 Å². The molecule has 0 saturated carbocycles. The van der Waals surface area contributed by atoms with Crippen LogP contribution >= 0.6 is 0 Å². The van der Waals surface area contributed by atoms with E-state index in [-0.39, 0.29) is 11.8 Å². The summed E-state index contributed by atoms with van der Waals surface area (Å²) in [5.41, 5.74) is 1.54. The molecule has 6 nitrogen and oxygen atoms in total. The lowest BCUT2D eigenvalue weighted by molar-refractivity contribution is 0.385. The topological polar surface area (TPSA) is 66.7 Å². The van der Waals surface area contributed by atoms with Crippen molar-refractivity contribution in [3.05, 3.63) is 48.4 Å². The van der Waals surface area contributed by atoms with Gasteiger partial charge in [0.15, 0.2) is 0 Å². The van der Waals surface area contributed by atoms with Gasteiger partial charge in [0, 0.05) is 37.9 Å². The summed E-state index contributed by atoms with van der Waals surface area (Å²) in [5, 5.41) is 3.72. The van der Waals surface area contributed by atoms with Gasteiger partial charge in [0.1, 0.15) is 12.0 Å². The summed E-state index contributed by atoms with van der Waals surface area (Å²) in [5.74, 6) is -0.102. The lowest BCUT2D eigenvalue weighted by Gasteiger charge is -2.29. The molecular weight excluding hydrogens is 314 g/mol. The first-order valence-corrected chi connectivity index (χ1v) is 9.32. The fourth-order valence-corrected chi connectivity index (χ4v) is 4.77. The molecule has 3 rings (SSSR count). The lowest BCUT2D eigenvalue weighted by Crippen LogP contribution is -2.42. The Morgan fingerprint density at radius 3 is 2.78 bits per heavy atom. The number of anilines is 1. The fraction of sp³-hybridized carbons (Fsp3) is 0.438. The molecule has 1 aromatic carbocycles. The predicted octanol–water partition coefficient (Wildman–Crippen LogP) is 2.11. The molecule has 124 valence electrons. The lowest BCUT2D eigenvalue weighted by atomic mass is 10.2. The molecular formula is C16H21N3O3S. The molecule has 23 heavy (non-hydrogen) atoms. The second-order valence-electron chi connectivity index (χ2n) is 5.87. The average Bonchev–Trinajstić information content (AvgIpc) is 3.19. The molecule has 0 amide bonds. The van der Waals surface area contributed by atoms with Gasteiger partial charge in [-0.15, -0.1) is 0 Å². The third kappa shape index (κ3) is 3.73. The van der Waals surface area contributed by atoms with Gasteiger partial charge < -0.3 is 9.42 Å². The third-order valence-corrected chi connectivity index (χ3v) is 6.04. The van der Waals surface area contributed by atoms with Gasteiger partial charge in [-0.2, -0.15) is 4.31 Å². The SMILES string of the molecule is CN(C[C@H]1CCCN1S(=O)(=O)Cc1ccon1)c1ccccc1. The van der Waals surface area contributed by atoms with Crippen LogP contribution in [0, 0.1) is 0 Å². The fourth-order valence-electron chi connectivity index (χ4n) is 3.04. The van der Waals surface area contributed by atoms with Gasteiger partial charge in [-0.25, -0.2) is 8.42 Å². The van der Waals surface area contributed by atoms with Crippen molar-refractivity contribution >= 4 is 15.7 Å². The Labute approximate surface area is 136 Å². The highest BCUT2D eigenvalue weighted by Crippen LogP contribution is 2.25. The number of benzene rings is 1. The smallest absolute Gasteiger partial charge is 0.220 e. The van der Waals surface area contributed by atoms with Crippen LogP contribution in [0.5, 0.6) is 0 Å². The van der Waals surface area contributed by atoms with Crippen molar-refractivity contribution in [1.29, 1.82) is 0 Å². The molecule has 1 aliphatic rings. The van der Waals surface area contributed by atoms with Crippen LogP contribution in [-0.2, 0) is 15.8 Å². The highest BCUT2D eigenvalue weighted by Gasteiger charge is 2.35. The second-order valence-corrected chi connectivity index (χ2v) is 7.79. The van der Waals surface area contributed by atoms with Crippen LogP contribution < -0.4 is 4.90 Å². The average molecular weight is 335 g/mol. The van der Waals surface area contributed by atoms with Gasteiger partial charge in [0.25, 0.3) is 0 Å². The van der Waals surface area contributed by atoms with E-state index in [1.54, 1.807) is 10.4 Å². The van der Waals surface area contributed by atoms with E-state index in [0.29, 0.717) is 18.8 Å². The van der Waals surface area contributed by atoms with Gasteiger partial charge in [-0.1, -0.05) is 23.4 Å². The molecule has 2 aromatic rings. The number of aromatic nitrogens is 1. The molecule has 2 heterocycles. The number of nitrogens with zero attached hydrogens (tertiary/aromatic N) is 3. The number of likely N-dealkylation sites (N-methyl/N-ethyl adjacent to an activating group) is 1. The maximum atomic E-state index is 12.7. The Balaban J connectivity index is 1.70. The van der Waals surface area contributed by atoms with Crippen molar-refractivity contribution < 1.29 is 12.9 Å². The van der Waals surface area contributed by atoms with Crippen LogP contribution in [-0.4, -0.2) is 44.1 Å². The largest absolute Gasteiger partial charge is 0.373 e. The molecule has 1 aliphatic heterocycles. The van der Waals surface area contributed by atoms with Gasteiger partial charge in [-0.3, -0.25) is 0 Å². The van der Waals surface area contributed by atoms with Gasteiger partial charge in [0.2, 0.25) is 10.0 Å². The maximum absolute atomic E-state index is 12.7. The number of hydrogen-bond donors (Lipinski definition) is 0. The van der Waals surface area contributed by atoms with Crippen LogP contribution in [0.25, 0.3) is 0 Å². The molecule has 7 heteroatoms. The van der Waals surface area contributed by atoms with Crippen LogP contribution in [0.1, 0.15) is 18.5 Å². The zero-order valence-electron chi connectivity index (χ0n) is 13.1. The molecule has 0 bridgehead atoms. The van der Waals surface area contributed by atoms with Gasteiger partial charge >= 0.3 is 0 Å². The molecule has 0 spiro atoms. The summed E-state index contributed by atoms with van der Waals surface area (Å²) in [7, 11) is -1.38. The van der Waals surface area contributed by atoms with E-state index in [9.17, 15) is 8.42 Å². The molecule has 0 unspecified atom stereocenters. The normalized spacial score (nSPS) is 19.1. The van der Waals surface area contributed by atoms with Crippen molar-refractivity contribution in [2.45, 2.75) is 24.6 Å². The molecule has 1 saturated heterocycles. The van der Waals surface area contributed by atoms with E-state index in [0.717, 1.165) is 18.5 Å². The Hall–Kier alpha value is -1.86. The Morgan fingerprint density at radius 1 is 1.30 bits per heavy atom. The van der Waals surface area contributed by atoms with Gasteiger partial charge in [0.05, 0.1) is 5.69 Å². The maximum Gasteiger partial charge on any atom is 0.220 e. The minimum absolute atomic E-state index is 0.00268. The summed E-state index contributed by atoms with van der Waals surface area (Å²) in [4.78, 5) is 2.11. The number of para-hydroxylation sites is 1. The zero-order chi connectivity index (χ0) is 16.3. The van der Waals surface area contributed by atoms with Crippen molar-refractivity contribution in [2.75, 3.05) is 25.0 Å². The van der Waals surface area contributed by atoms with Crippen LogP contribution in [0.2, 0.25) is 0 Å². The second kappa shape index (κ2) is 6.72. The minimum Gasteiger partial charge on any atom is -0.373 e. The van der Waals surface area contributed by atoms with E-state index in [1.165, 1.54) is 6.26 Å². The van der Waals surface area contributed by atoms with Crippen LogP contribution in [0.15, 0.2) is 47.2 Å². The monoisotopic (exact) mass is 335 g/mol. The quantitative estimate of drug-likeness (QED) is 0.809. The summed E-state index contributed by atoms with van der Waals surface area (Å²) >= 11 is 0. The first kappa shape index (κ1) is 16.0. The molecule has 1 aromatic heterocycles. The molecule has 1 fully saturated rings. The number of hydrogen-bond acceptors (Lipinski definition) is 5. The van der Waals surface area contributed by atoms with E-state index >= 15 is 0 Å². The molecule has 0 N–H and O–H groups in total. The van der Waals surface area contributed by atoms with Crippen molar-refractivity contribution in [1.82, 2.24) is 9.46 Å².